The highest BCUT2D eigenvalue weighted by atomic mass is 32.2. The van der Waals surface area contributed by atoms with Crippen LogP contribution in [-0.2, 0) is 9.59 Å². The first kappa shape index (κ1) is 19.5. The largest absolute Gasteiger partial charge is 0.493 e. The third kappa shape index (κ3) is 4.52. The van der Waals surface area contributed by atoms with Crippen LogP contribution >= 0.6 is 11.8 Å². The number of primary amides is 1. The molecule has 3 rings (SSSR count). The molecule has 28 heavy (non-hydrogen) atoms. The van der Waals surface area contributed by atoms with Crippen molar-refractivity contribution < 1.29 is 19.1 Å². The van der Waals surface area contributed by atoms with E-state index in [0.717, 1.165) is 11.3 Å². The van der Waals surface area contributed by atoms with Crippen molar-refractivity contribution in [3.8, 4) is 11.5 Å². The molecule has 1 aliphatic rings. The van der Waals surface area contributed by atoms with Crippen LogP contribution in [0.15, 0.2) is 58.4 Å². The Labute approximate surface area is 166 Å². The van der Waals surface area contributed by atoms with Gasteiger partial charge in [0, 0.05) is 7.05 Å². The Balaban J connectivity index is 1.84. The van der Waals surface area contributed by atoms with Gasteiger partial charge >= 0.3 is 0 Å². The van der Waals surface area contributed by atoms with Crippen LogP contribution in [0.3, 0.4) is 0 Å². The van der Waals surface area contributed by atoms with Crippen molar-refractivity contribution in [2.24, 2.45) is 10.7 Å². The van der Waals surface area contributed by atoms with Crippen molar-refractivity contribution in [2.45, 2.75) is 0 Å². The number of amidine groups is 1. The van der Waals surface area contributed by atoms with Crippen molar-refractivity contribution in [3.05, 3.63) is 59.0 Å². The Morgan fingerprint density at radius 2 is 1.96 bits per heavy atom. The molecule has 2 aromatic carbocycles. The van der Waals surface area contributed by atoms with E-state index in [4.69, 9.17) is 15.2 Å². The maximum absolute atomic E-state index is 12.6. The number of nitrogens with zero attached hydrogens (tertiary/aromatic N) is 2. The van der Waals surface area contributed by atoms with Crippen molar-refractivity contribution in [2.75, 3.05) is 20.8 Å². The van der Waals surface area contributed by atoms with Gasteiger partial charge < -0.3 is 15.2 Å². The molecule has 0 saturated carbocycles. The number of hydrogen-bond donors (Lipinski definition) is 1. The number of methoxy groups -OCH3 is 1. The van der Waals surface area contributed by atoms with Gasteiger partial charge in [-0.2, -0.15) is 0 Å². The standard InChI is InChI=1S/C20H19N3O4S/c1-23-19(25)17(28-20(23)22-14-6-4-3-5-7-14)11-13-8-9-15(16(10-13)26-2)27-12-18(21)24/h3-11H,12H2,1-2H3,(H2,21,24)/b17-11+,22-20?. The van der Waals surface area contributed by atoms with Gasteiger partial charge in [0.1, 0.15) is 0 Å². The monoisotopic (exact) mass is 397 g/mol. The van der Waals surface area contributed by atoms with Crippen molar-refractivity contribution >= 4 is 40.5 Å². The van der Waals surface area contributed by atoms with E-state index >= 15 is 0 Å². The quantitative estimate of drug-likeness (QED) is 0.757. The van der Waals surface area contributed by atoms with E-state index in [1.165, 1.54) is 23.8 Å². The first-order valence-corrected chi connectivity index (χ1v) is 9.20. The Bertz CT molecular complexity index is 957. The molecule has 1 fully saturated rings. The van der Waals surface area contributed by atoms with Gasteiger partial charge in [0.05, 0.1) is 17.7 Å². The lowest BCUT2D eigenvalue weighted by Crippen LogP contribution is -2.23. The fourth-order valence-corrected chi connectivity index (χ4v) is 3.44. The molecule has 2 N–H and O–H groups in total. The Hall–Kier alpha value is -3.26. The van der Waals surface area contributed by atoms with E-state index < -0.39 is 5.91 Å². The number of amides is 2. The molecule has 1 aliphatic heterocycles. The van der Waals surface area contributed by atoms with Crippen LogP contribution < -0.4 is 15.2 Å². The summed E-state index contributed by atoms with van der Waals surface area (Å²) in [6, 6.07) is 14.6. The second-order valence-electron chi connectivity index (χ2n) is 5.87. The van der Waals surface area contributed by atoms with Crippen molar-refractivity contribution in [1.29, 1.82) is 0 Å². The second-order valence-corrected chi connectivity index (χ2v) is 6.88. The normalized spacial score (nSPS) is 16.6. The van der Waals surface area contributed by atoms with Crippen LogP contribution in [-0.4, -0.2) is 42.6 Å². The summed E-state index contributed by atoms with van der Waals surface area (Å²) < 4.78 is 10.6. The highest BCUT2D eigenvalue weighted by Crippen LogP contribution is 2.35. The van der Waals surface area contributed by atoms with Gasteiger partial charge in [-0.1, -0.05) is 24.3 Å². The molecule has 0 aliphatic carbocycles. The van der Waals surface area contributed by atoms with Gasteiger partial charge in [-0.3, -0.25) is 14.5 Å². The molecule has 8 heteroatoms. The van der Waals surface area contributed by atoms with Gasteiger partial charge in [0.25, 0.3) is 11.8 Å². The Kier molecular flexibility index (Phi) is 6.00. The number of nitrogens with two attached hydrogens (primary N) is 1. The minimum absolute atomic E-state index is 0.132. The van der Waals surface area contributed by atoms with E-state index in [1.54, 1.807) is 31.3 Å². The highest BCUT2D eigenvalue weighted by molar-refractivity contribution is 8.18. The van der Waals surface area contributed by atoms with E-state index in [1.807, 2.05) is 30.3 Å². The zero-order valence-corrected chi connectivity index (χ0v) is 16.2. The highest BCUT2D eigenvalue weighted by Gasteiger charge is 2.30. The molecule has 1 saturated heterocycles. The van der Waals surface area contributed by atoms with Crippen LogP contribution in [0.5, 0.6) is 11.5 Å². The molecule has 1 heterocycles. The van der Waals surface area contributed by atoms with E-state index in [-0.39, 0.29) is 12.5 Å². The SMILES string of the molecule is COc1cc(/C=C2/SC(=Nc3ccccc3)N(C)C2=O)ccc1OCC(N)=O. The molecule has 2 amide bonds. The molecule has 0 aromatic heterocycles. The summed E-state index contributed by atoms with van der Waals surface area (Å²) in [6.45, 7) is -0.241. The van der Waals surface area contributed by atoms with Gasteiger partial charge in [0.2, 0.25) is 0 Å². The number of benzene rings is 2. The molecule has 0 radical (unpaired) electrons. The minimum Gasteiger partial charge on any atom is -0.493 e. The molecule has 0 unspecified atom stereocenters. The van der Waals surface area contributed by atoms with Gasteiger partial charge in [-0.15, -0.1) is 0 Å². The summed E-state index contributed by atoms with van der Waals surface area (Å²) in [6.07, 6.45) is 1.76. The van der Waals surface area contributed by atoms with Crippen molar-refractivity contribution in [1.82, 2.24) is 4.90 Å². The maximum Gasteiger partial charge on any atom is 0.266 e. The number of carbonyl (C=O) groups is 2. The van der Waals surface area contributed by atoms with Crippen molar-refractivity contribution in [3.63, 3.8) is 0 Å². The number of ether oxygens (including phenoxy) is 2. The minimum atomic E-state index is -0.575. The van der Waals surface area contributed by atoms with E-state index in [0.29, 0.717) is 21.6 Å². The second kappa shape index (κ2) is 8.62. The van der Waals surface area contributed by atoms with Gasteiger partial charge in [-0.05, 0) is 47.7 Å². The predicted molar refractivity (Wildman–Crippen MR) is 110 cm³/mol. The zero-order chi connectivity index (χ0) is 20.1. The Morgan fingerprint density at radius 1 is 1.21 bits per heavy atom. The molecular formula is C20H19N3O4S. The zero-order valence-electron chi connectivity index (χ0n) is 15.4. The van der Waals surface area contributed by atoms with Crippen LogP contribution in [0, 0.1) is 0 Å². The molecular weight excluding hydrogens is 378 g/mol. The lowest BCUT2D eigenvalue weighted by molar-refractivity contribution is -0.121. The summed E-state index contributed by atoms with van der Waals surface area (Å²) in [5.74, 6) is 0.136. The smallest absolute Gasteiger partial charge is 0.266 e. The van der Waals surface area contributed by atoms with Crippen LogP contribution in [0.4, 0.5) is 5.69 Å². The number of aliphatic imine (C=N–C) groups is 1. The number of carbonyl (C=O) groups excluding carboxylic acids is 2. The average Bonchev–Trinajstić information content (AvgIpc) is 2.95. The number of thioether (sulfide) groups is 1. The molecule has 0 bridgehead atoms. The van der Waals surface area contributed by atoms with Gasteiger partial charge in [0.15, 0.2) is 23.3 Å². The topological polar surface area (TPSA) is 94.2 Å². The van der Waals surface area contributed by atoms with Crippen LogP contribution in [0.2, 0.25) is 0 Å². The number of likely N-dealkylation sites (N-methyl/N-ethyl adjacent to an activating group) is 1. The number of rotatable bonds is 6. The first-order chi connectivity index (χ1) is 13.5. The summed E-state index contributed by atoms with van der Waals surface area (Å²) in [5.41, 5.74) is 6.64. The summed E-state index contributed by atoms with van der Waals surface area (Å²) in [4.78, 5) is 30.0. The molecule has 0 atom stereocenters. The predicted octanol–water partition coefficient (Wildman–Crippen LogP) is 2.79. The van der Waals surface area contributed by atoms with Crippen LogP contribution in [0.25, 0.3) is 6.08 Å². The first-order valence-electron chi connectivity index (χ1n) is 8.38. The summed E-state index contributed by atoms with van der Waals surface area (Å²) >= 11 is 1.30. The number of hydrogen-bond acceptors (Lipinski definition) is 6. The van der Waals surface area contributed by atoms with Gasteiger partial charge in [-0.25, -0.2) is 4.99 Å². The molecule has 2 aromatic rings. The third-order valence-electron chi connectivity index (χ3n) is 3.84. The summed E-state index contributed by atoms with van der Waals surface area (Å²) in [7, 11) is 3.19. The molecule has 0 spiro atoms. The Morgan fingerprint density at radius 3 is 2.64 bits per heavy atom. The molecule has 7 nitrogen and oxygen atoms in total. The molecule has 144 valence electrons. The van der Waals surface area contributed by atoms with E-state index in [9.17, 15) is 9.59 Å². The van der Waals surface area contributed by atoms with E-state index in [2.05, 4.69) is 4.99 Å². The number of para-hydroxylation sites is 1. The lowest BCUT2D eigenvalue weighted by atomic mass is 10.2. The maximum atomic E-state index is 12.6. The average molecular weight is 397 g/mol. The third-order valence-corrected chi connectivity index (χ3v) is 4.90. The fraction of sp³-hybridized carbons (Fsp3) is 0.150. The fourth-order valence-electron chi connectivity index (χ4n) is 2.46. The lowest BCUT2D eigenvalue weighted by Gasteiger charge is -2.10. The van der Waals surface area contributed by atoms with Crippen LogP contribution in [0.1, 0.15) is 5.56 Å². The summed E-state index contributed by atoms with van der Waals surface area (Å²) in [5, 5.41) is 0.607.